The van der Waals surface area contributed by atoms with Crippen molar-refractivity contribution in [3.8, 4) is 12.1 Å². The molecule has 0 unspecified atom stereocenters. The van der Waals surface area contributed by atoms with Crippen molar-refractivity contribution < 1.29 is 9.59 Å². The standard InChI is InChI=1S/C19H20N4O2S/c1-19(2)14(10-20)17(25)23-18(15(19)11-21)26-12-16(24)22-9-8-13-6-4-3-5-7-13/h3-7,14H,8-9,12H2,1-2H3,(H,22,24)(H,23,25)/t14-/m0/s1. The van der Waals surface area contributed by atoms with Crippen molar-refractivity contribution in [1.82, 2.24) is 10.6 Å². The van der Waals surface area contributed by atoms with Gasteiger partial charge in [0.15, 0.2) is 0 Å². The van der Waals surface area contributed by atoms with Gasteiger partial charge in [-0.25, -0.2) is 0 Å². The second kappa shape index (κ2) is 8.55. The Morgan fingerprint density at radius 2 is 2.00 bits per heavy atom. The minimum atomic E-state index is -0.929. The number of nitrogens with one attached hydrogen (secondary N) is 2. The van der Waals surface area contributed by atoms with Gasteiger partial charge in [0.25, 0.3) is 0 Å². The zero-order valence-corrected chi connectivity index (χ0v) is 15.5. The molecule has 0 fully saturated rings. The van der Waals surface area contributed by atoms with E-state index in [1.807, 2.05) is 36.4 Å². The van der Waals surface area contributed by atoms with E-state index >= 15 is 0 Å². The molecule has 1 heterocycles. The monoisotopic (exact) mass is 368 g/mol. The molecule has 0 radical (unpaired) electrons. The van der Waals surface area contributed by atoms with Gasteiger partial charge in [0.2, 0.25) is 11.8 Å². The smallest absolute Gasteiger partial charge is 0.243 e. The zero-order chi connectivity index (χ0) is 19.2. The summed E-state index contributed by atoms with van der Waals surface area (Å²) in [5, 5.41) is 24.4. The molecule has 0 bridgehead atoms. The lowest BCUT2D eigenvalue weighted by molar-refractivity contribution is -0.125. The summed E-state index contributed by atoms with van der Waals surface area (Å²) >= 11 is 1.11. The van der Waals surface area contributed by atoms with Gasteiger partial charge in [-0.15, -0.1) is 0 Å². The van der Waals surface area contributed by atoms with Gasteiger partial charge >= 0.3 is 0 Å². The molecule has 1 aliphatic rings. The Morgan fingerprint density at radius 1 is 1.31 bits per heavy atom. The Morgan fingerprint density at radius 3 is 2.62 bits per heavy atom. The van der Waals surface area contributed by atoms with Crippen LogP contribution in [0.15, 0.2) is 40.9 Å². The Balaban J connectivity index is 1.94. The zero-order valence-electron chi connectivity index (χ0n) is 14.7. The molecule has 7 heteroatoms. The van der Waals surface area contributed by atoms with Crippen LogP contribution in [0.2, 0.25) is 0 Å². The van der Waals surface area contributed by atoms with Crippen molar-refractivity contribution in [3.05, 3.63) is 46.5 Å². The molecule has 0 aromatic heterocycles. The van der Waals surface area contributed by atoms with Gasteiger partial charge in [0, 0.05) is 12.0 Å². The van der Waals surface area contributed by atoms with Gasteiger partial charge < -0.3 is 10.6 Å². The first kappa shape index (κ1) is 19.6. The fourth-order valence-corrected chi connectivity index (χ4v) is 3.72. The molecular formula is C19H20N4O2S. The summed E-state index contributed by atoms with van der Waals surface area (Å²) in [6.07, 6.45) is 0.733. The quantitative estimate of drug-likeness (QED) is 0.800. The number of hydrogen-bond donors (Lipinski definition) is 2. The van der Waals surface area contributed by atoms with Crippen molar-refractivity contribution in [2.24, 2.45) is 11.3 Å². The fraction of sp³-hybridized carbons (Fsp3) is 0.368. The van der Waals surface area contributed by atoms with Crippen LogP contribution in [-0.2, 0) is 16.0 Å². The topological polar surface area (TPSA) is 106 Å². The average molecular weight is 368 g/mol. The van der Waals surface area contributed by atoms with Gasteiger partial charge in [0.1, 0.15) is 5.92 Å². The maximum absolute atomic E-state index is 12.1. The summed E-state index contributed by atoms with van der Waals surface area (Å²) < 4.78 is 0. The van der Waals surface area contributed by atoms with E-state index in [2.05, 4.69) is 16.7 Å². The molecule has 2 rings (SSSR count). The summed E-state index contributed by atoms with van der Waals surface area (Å²) in [6.45, 7) is 3.90. The van der Waals surface area contributed by atoms with Crippen LogP contribution in [0, 0.1) is 34.0 Å². The summed E-state index contributed by atoms with van der Waals surface area (Å²) in [6, 6.07) is 13.9. The van der Waals surface area contributed by atoms with Crippen LogP contribution in [0.4, 0.5) is 0 Å². The summed E-state index contributed by atoms with van der Waals surface area (Å²) in [5.41, 5.74) is 0.572. The molecule has 1 aromatic carbocycles. The Labute approximate surface area is 157 Å². The number of carbonyl (C=O) groups is 2. The molecule has 0 saturated carbocycles. The maximum Gasteiger partial charge on any atom is 0.243 e. The molecule has 134 valence electrons. The molecule has 0 spiro atoms. The van der Waals surface area contributed by atoms with Crippen molar-refractivity contribution in [2.75, 3.05) is 12.3 Å². The third kappa shape index (κ3) is 4.44. The lowest BCUT2D eigenvalue weighted by Crippen LogP contribution is -2.44. The second-order valence-corrected chi connectivity index (χ2v) is 7.45. The molecule has 0 aliphatic carbocycles. The highest BCUT2D eigenvalue weighted by atomic mass is 32.2. The summed E-state index contributed by atoms with van der Waals surface area (Å²) in [7, 11) is 0. The lowest BCUT2D eigenvalue weighted by atomic mass is 9.72. The van der Waals surface area contributed by atoms with Crippen LogP contribution < -0.4 is 10.6 Å². The lowest BCUT2D eigenvalue weighted by Gasteiger charge is -2.34. The Bertz CT molecular complexity index is 803. The first-order chi connectivity index (χ1) is 12.4. The number of hydrogen-bond acceptors (Lipinski definition) is 5. The highest BCUT2D eigenvalue weighted by molar-refractivity contribution is 8.03. The first-order valence-electron chi connectivity index (χ1n) is 8.19. The van der Waals surface area contributed by atoms with E-state index in [0.717, 1.165) is 23.7 Å². The Hall–Kier alpha value is -2.77. The molecule has 1 atom stereocenters. The van der Waals surface area contributed by atoms with Gasteiger partial charge in [-0.2, -0.15) is 10.5 Å². The number of carbonyl (C=O) groups excluding carboxylic acids is 2. The fourth-order valence-electron chi connectivity index (χ4n) is 2.71. The number of allylic oxidation sites excluding steroid dienone is 1. The highest BCUT2D eigenvalue weighted by Crippen LogP contribution is 2.41. The summed E-state index contributed by atoms with van der Waals surface area (Å²) in [5.74, 6) is -1.46. The first-order valence-corrected chi connectivity index (χ1v) is 9.17. The third-order valence-electron chi connectivity index (χ3n) is 4.26. The van der Waals surface area contributed by atoms with E-state index in [4.69, 9.17) is 0 Å². The number of nitriles is 2. The minimum Gasteiger partial charge on any atom is -0.355 e. The van der Waals surface area contributed by atoms with Gasteiger partial charge in [-0.1, -0.05) is 55.9 Å². The number of nitrogens with zero attached hydrogens (tertiary/aromatic N) is 2. The molecule has 1 aromatic rings. The molecule has 1 aliphatic heterocycles. The van der Waals surface area contributed by atoms with Gasteiger partial charge in [0.05, 0.1) is 28.5 Å². The van der Waals surface area contributed by atoms with Crippen LogP contribution in [0.25, 0.3) is 0 Å². The summed E-state index contributed by atoms with van der Waals surface area (Å²) in [4.78, 5) is 24.1. The van der Waals surface area contributed by atoms with Gasteiger partial charge in [-0.05, 0) is 12.0 Å². The third-order valence-corrected chi connectivity index (χ3v) is 5.26. The van der Waals surface area contributed by atoms with E-state index < -0.39 is 17.2 Å². The molecule has 6 nitrogen and oxygen atoms in total. The predicted octanol–water partition coefficient (Wildman–Crippen LogP) is 2.11. The second-order valence-electron chi connectivity index (χ2n) is 6.46. The largest absolute Gasteiger partial charge is 0.355 e. The minimum absolute atomic E-state index is 0.0862. The van der Waals surface area contributed by atoms with Gasteiger partial charge in [-0.3, -0.25) is 9.59 Å². The van der Waals surface area contributed by atoms with Crippen molar-refractivity contribution >= 4 is 23.6 Å². The van der Waals surface area contributed by atoms with E-state index in [0.29, 0.717) is 17.1 Å². The average Bonchev–Trinajstić information content (AvgIpc) is 2.60. The van der Waals surface area contributed by atoms with E-state index in [1.54, 1.807) is 13.8 Å². The van der Waals surface area contributed by atoms with E-state index in [1.165, 1.54) is 0 Å². The van der Waals surface area contributed by atoms with Crippen molar-refractivity contribution in [2.45, 2.75) is 20.3 Å². The van der Waals surface area contributed by atoms with Crippen LogP contribution in [-0.4, -0.2) is 24.1 Å². The Kier molecular flexibility index (Phi) is 6.43. The highest BCUT2D eigenvalue weighted by Gasteiger charge is 2.44. The number of amides is 2. The molecule has 2 N–H and O–H groups in total. The number of thioether (sulfide) groups is 1. The predicted molar refractivity (Wildman–Crippen MR) is 99.3 cm³/mol. The van der Waals surface area contributed by atoms with Crippen LogP contribution in [0.3, 0.4) is 0 Å². The van der Waals surface area contributed by atoms with Crippen LogP contribution in [0.5, 0.6) is 0 Å². The molecule has 26 heavy (non-hydrogen) atoms. The van der Waals surface area contributed by atoms with Crippen molar-refractivity contribution in [1.29, 1.82) is 10.5 Å². The SMILES string of the molecule is CC1(C)C(C#N)=C(SCC(=O)NCCc2ccccc2)NC(=O)[C@@H]1C#N. The van der Waals surface area contributed by atoms with Crippen LogP contribution >= 0.6 is 11.8 Å². The maximum atomic E-state index is 12.1. The molecular weight excluding hydrogens is 348 g/mol. The van der Waals surface area contributed by atoms with E-state index in [-0.39, 0.29) is 11.7 Å². The normalized spacial score (nSPS) is 18.5. The molecule has 2 amide bonds. The molecule has 0 saturated heterocycles. The number of benzene rings is 1. The van der Waals surface area contributed by atoms with Crippen LogP contribution in [0.1, 0.15) is 19.4 Å². The number of rotatable bonds is 6. The van der Waals surface area contributed by atoms with Crippen molar-refractivity contribution in [3.63, 3.8) is 0 Å². The van der Waals surface area contributed by atoms with E-state index in [9.17, 15) is 20.1 Å².